The van der Waals surface area contributed by atoms with Gasteiger partial charge in [-0.2, -0.15) is 0 Å². The molecule has 0 aromatic heterocycles. The van der Waals surface area contributed by atoms with Crippen molar-refractivity contribution in [3.63, 3.8) is 0 Å². The van der Waals surface area contributed by atoms with Crippen LogP contribution in [-0.2, 0) is 4.79 Å². The number of benzene rings is 1. The van der Waals surface area contributed by atoms with Gasteiger partial charge in [0.1, 0.15) is 6.04 Å². The van der Waals surface area contributed by atoms with Gasteiger partial charge < -0.3 is 10.2 Å². The number of nitrogens with zero attached hydrogens (tertiary/aromatic N) is 1. The molecular formula is C15H18N2O2. The second kappa shape index (κ2) is 5.03. The van der Waals surface area contributed by atoms with Crippen LogP contribution in [-0.4, -0.2) is 35.3 Å². The van der Waals surface area contributed by atoms with E-state index in [-0.39, 0.29) is 17.9 Å². The first kappa shape index (κ1) is 12.2. The van der Waals surface area contributed by atoms with Crippen LogP contribution in [0.15, 0.2) is 30.3 Å². The standard InChI is InChI=1S/C15H18N2O2/c18-14(16-12-8-9-12)13-7-4-10-17(13)15(19)11-5-2-1-3-6-11/h1-3,5-6,12-13H,4,7-10H2,(H,16,18). The van der Waals surface area contributed by atoms with Gasteiger partial charge in [0, 0.05) is 18.2 Å². The first-order valence-corrected chi connectivity index (χ1v) is 6.92. The average molecular weight is 258 g/mol. The van der Waals surface area contributed by atoms with Gasteiger partial charge in [-0.3, -0.25) is 9.59 Å². The Balaban J connectivity index is 1.71. The predicted octanol–water partition coefficient (Wildman–Crippen LogP) is 1.57. The summed E-state index contributed by atoms with van der Waals surface area (Å²) in [6.45, 7) is 0.677. The fourth-order valence-corrected chi connectivity index (χ4v) is 2.55. The zero-order chi connectivity index (χ0) is 13.2. The van der Waals surface area contributed by atoms with Crippen LogP contribution >= 0.6 is 0 Å². The predicted molar refractivity (Wildman–Crippen MR) is 71.7 cm³/mol. The van der Waals surface area contributed by atoms with E-state index in [2.05, 4.69) is 5.32 Å². The third-order valence-corrected chi connectivity index (χ3v) is 3.76. The maximum absolute atomic E-state index is 12.4. The molecule has 0 radical (unpaired) electrons. The summed E-state index contributed by atoms with van der Waals surface area (Å²) in [6, 6.07) is 9.26. The molecule has 1 aromatic carbocycles. The van der Waals surface area contributed by atoms with Crippen molar-refractivity contribution in [1.82, 2.24) is 10.2 Å². The largest absolute Gasteiger partial charge is 0.352 e. The van der Waals surface area contributed by atoms with Crippen LogP contribution in [0.1, 0.15) is 36.0 Å². The highest BCUT2D eigenvalue weighted by Crippen LogP contribution is 2.23. The van der Waals surface area contributed by atoms with Gasteiger partial charge in [0.25, 0.3) is 5.91 Å². The monoisotopic (exact) mass is 258 g/mol. The van der Waals surface area contributed by atoms with Crippen LogP contribution in [0.2, 0.25) is 0 Å². The van der Waals surface area contributed by atoms with E-state index in [4.69, 9.17) is 0 Å². The van der Waals surface area contributed by atoms with Gasteiger partial charge in [-0.15, -0.1) is 0 Å². The van der Waals surface area contributed by atoms with E-state index in [1.807, 2.05) is 18.2 Å². The Labute approximate surface area is 112 Å². The summed E-state index contributed by atoms with van der Waals surface area (Å²) < 4.78 is 0. The minimum Gasteiger partial charge on any atom is -0.352 e. The van der Waals surface area contributed by atoms with Crippen LogP contribution < -0.4 is 5.32 Å². The van der Waals surface area contributed by atoms with E-state index in [0.717, 1.165) is 25.7 Å². The molecule has 1 atom stereocenters. The highest BCUT2D eigenvalue weighted by molar-refractivity contribution is 5.98. The van der Waals surface area contributed by atoms with Crippen molar-refractivity contribution in [2.24, 2.45) is 0 Å². The van der Waals surface area contributed by atoms with E-state index in [1.165, 1.54) is 0 Å². The van der Waals surface area contributed by atoms with Crippen molar-refractivity contribution >= 4 is 11.8 Å². The third kappa shape index (κ3) is 2.62. The summed E-state index contributed by atoms with van der Waals surface area (Å²) in [5, 5.41) is 3.00. The minimum absolute atomic E-state index is 0.0179. The Morgan fingerprint density at radius 2 is 1.84 bits per heavy atom. The smallest absolute Gasteiger partial charge is 0.254 e. The Morgan fingerprint density at radius 1 is 1.11 bits per heavy atom. The topological polar surface area (TPSA) is 49.4 Å². The second-order valence-electron chi connectivity index (χ2n) is 5.31. The highest BCUT2D eigenvalue weighted by Gasteiger charge is 2.36. The third-order valence-electron chi connectivity index (χ3n) is 3.76. The van der Waals surface area contributed by atoms with Gasteiger partial charge in [-0.1, -0.05) is 18.2 Å². The first-order chi connectivity index (χ1) is 9.25. The maximum atomic E-state index is 12.4. The van der Waals surface area contributed by atoms with E-state index >= 15 is 0 Å². The summed E-state index contributed by atoms with van der Waals surface area (Å²) in [7, 11) is 0. The van der Waals surface area contributed by atoms with Crippen LogP contribution in [0.25, 0.3) is 0 Å². The molecule has 1 heterocycles. The van der Waals surface area contributed by atoms with Crippen molar-refractivity contribution < 1.29 is 9.59 Å². The molecule has 1 aliphatic heterocycles. The van der Waals surface area contributed by atoms with Gasteiger partial charge >= 0.3 is 0 Å². The molecule has 1 aliphatic carbocycles. The number of carbonyl (C=O) groups is 2. The van der Waals surface area contributed by atoms with Gasteiger partial charge in [-0.05, 0) is 37.8 Å². The molecule has 0 bridgehead atoms. The van der Waals surface area contributed by atoms with Gasteiger partial charge in [-0.25, -0.2) is 0 Å². The normalized spacial score (nSPS) is 22.3. The van der Waals surface area contributed by atoms with E-state index < -0.39 is 0 Å². The Kier molecular flexibility index (Phi) is 3.23. The number of hydrogen-bond donors (Lipinski definition) is 1. The van der Waals surface area contributed by atoms with Gasteiger partial charge in [0.2, 0.25) is 5.91 Å². The fraction of sp³-hybridized carbons (Fsp3) is 0.467. The molecule has 1 unspecified atom stereocenters. The molecule has 2 fully saturated rings. The van der Waals surface area contributed by atoms with E-state index in [1.54, 1.807) is 17.0 Å². The van der Waals surface area contributed by atoms with Crippen molar-refractivity contribution in [3.8, 4) is 0 Å². The van der Waals surface area contributed by atoms with E-state index in [0.29, 0.717) is 18.2 Å². The Hall–Kier alpha value is -1.84. The minimum atomic E-state index is -0.284. The molecule has 3 rings (SSSR count). The number of rotatable bonds is 3. The molecule has 1 aromatic rings. The fourth-order valence-electron chi connectivity index (χ4n) is 2.55. The molecule has 4 heteroatoms. The first-order valence-electron chi connectivity index (χ1n) is 6.92. The number of nitrogens with one attached hydrogen (secondary N) is 1. The summed E-state index contributed by atoms with van der Waals surface area (Å²) in [6.07, 6.45) is 3.83. The lowest BCUT2D eigenvalue weighted by molar-refractivity contribution is -0.125. The number of hydrogen-bond acceptors (Lipinski definition) is 2. The maximum Gasteiger partial charge on any atom is 0.254 e. The Bertz CT molecular complexity index is 482. The zero-order valence-electron chi connectivity index (χ0n) is 10.8. The lowest BCUT2D eigenvalue weighted by atomic mass is 10.1. The van der Waals surface area contributed by atoms with Crippen LogP contribution in [0, 0.1) is 0 Å². The molecular weight excluding hydrogens is 240 g/mol. The zero-order valence-corrected chi connectivity index (χ0v) is 10.8. The average Bonchev–Trinajstić information content (AvgIpc) is 3.11. The highest BCUT2D eigenvalue weighted by atomic mass is 16.2. The van der Waals surface area contributed by atoms with Crippen molar-refractivity contribution in [3.05, 3.63) is 35.9 Å². The molecule has 1 N–H and O–H groups in total. The summed E-state index contributed by atoms with van der Waals surface area (Å²) in [5.41, 5.74) is 0.661. The molecule has 100 valence electrons. The SMILES string of the molecule is O=C(NC1CC1)C1CCCN1C(=O)c1ccccc1. The number of likely N-dealkylation sites (tertiary alicyclic amines) is 1. The molecule has 2 aliphatic rings. The number of amides is 2. The van der Waals surface area contributed by atoms with Crippen molar-refractivity contribution in [2.45, 2.75) is 37.8 Å². The van der Waals surface area contributed by atoms with E-state index in [9.17, 15) is 9.59 Å². The lowest BCUT2D eigenvalue weighted by Crippen LogP contribution is -2.46. The van der Waals surface area contributed by atoms with Gasteiger partial charge in [0.05, 0.1) is 0 Å². The molecule has 0 spiro atoms. The summed E-state index contributed by atoms with van der Waals surface area (Å²) in [4.78, 5) is 26.3. The number of carbonyl (C=O) groups excluding carboxylic acids is 2. The van der Waals surface area contributed by atoms with Gasteiger partial charge in [0.15, 0.2) is 0 Å². The van der Waals surface area contributed by atoms with Crippen molar-refractivity contribution in [2.75, 3.05) is 6.54 Å². The Morgan fingerprint density at radius 3 is 2.53 bits per heavy atom. The summed E-state index contributed by atoms with van der Waals surface area (Å²) in [5.74, 6) is -0.0154. The summed E-state index contributed by atoms with van der Waals surface area (Å²) >= 11 is 0. The molecule has 19 heavy (non-hydrogen) atoms. The molecule has 1 saturated heterocycles. The van der Waals surface area contributed by atoms with Crippen molar-refractivity contribution in [1.29, 1.82) is 0 Å². The molecule has 1 saturated carbocycles. The van der Waals surface area contributed by atoms with Crippen LogP contribution in [0.5, 0.6) is 0 Å². The second-order valence-corrected chi connectivity index (χ2v) is 5.31. The van der Waals surface area contributed by atoms with Crippen LogP contribution in [0.3, 0.4) is 0 Å². The lowest BCUT2D eigenvalue weighted by Gasteiger charge is -2.24. The quantitative estimate of drug-likeness (QED) is 0.894. The molecule has 4 nitrogen and oxygen atoms in total. The molecule has 2 amide bonds. The van der Waals surface area contributed by atoms with Crippen LogP contribution in [0.4, 0.5) is 0 Å².